The Labute approximate surface area is 123 Å². The lowest BCUT2D eigenvalue weighted by molar-refractivity contribution is 0.686. The van der Waals surface area contributed by atoms with Crippen LogP contribution in [0.2, 0.25) is 5.02 Å². The van der Waals surface area contributed by atoms with Gasteiger partial charge in [0, 0.05) is 17.3 Å². The summed E-state index contributed by atoms with van der Waals surface area (Å²) in [5.41, 5.74) is 1.87. The largest absolute Gasteiger partial charge is 0.368 e. The van der Waals surface area contributed by atoms with E-state index in [1.165, 1.54) is 0 Å². The molecule has 2 aromatic rings. The van der Waals surface area contributed by atoms with Crippen molar-refractivity contribution in [2.24, 2.45) is 5.92 Å². The minimum absolute atomic E-state index is 0.443. The Bertz CT molecular complexity index is 586. The molecular weight excluding hydrogens is 274 g/mol. The smallest absolute Gasteiger partial charge is 0.249 e. The topological polar surface area (TPSA) is 62.7 Å². The van der Waals surface area contributed by atoms with E-state index in [4.69, 9.17) is 11.6 Å². The summed E-state index contributed by atoms with van der Waals surface area (Å²) in [6, 6.07) is 5.71. The summed E-state index contributed by atoms with van der Waals surface area (Å²) in [5.74, 6) is 1.69. The maximum Gasteiger partial charge on any atom is 0.249 e. The number of halogens is 1. The van der Waals surface area contributed by atoms with E-state index in [0.717, 1.165) is 17.8 Å². The molecule has 2 N–H and O–H groups in total. The minimum atomic E-state index is 0.443. The van der Waals surface area contributed by atoms with Crippen molar-refractivity contribution in [2.45, 2.75) is 20.8 Å². The summed E-state index contributed by atoms with van der Waals surface area (Å²) in [6.07, 6.45) is 1.61. The molecule has 1 aromatic carbocycles. The molecule has 1 aromatic heterocycles. The molecule has 0 aliphatic heterocycles. The highest BCUT2D eigenvalue weighted by Gasteiger charge is 2.03. The van der Waals surface area contributed by atoms with Crippen LogP contribution in [-0.2, 0) is 0 Å². The number of aryl methyl sites for hydroxylation is 1. The predicted molar refractivity (Wildman–Crippen MR) is 82.6 cm³/mol. The van der Waals surface area contributed by atoms with Gasteiger partial charge in [-0.1, -0.05) is 31.5 Å². The SMILES string of the molecule is Cc1ccc(Nc2nncc(NCC(C)C)n2)cc1Cl. The Morgan fingerprint density at radius 1 is 1.30 bits per heavy atom. The van der Waals surface area contributed by atoms with Gasteiger partial charge in [-0.25, -0.2) is 0 Å². The van der Waals surface area contributed by atoms with E-state index in [9.17, 15) is 0 Å². The lowest BCUT2D eigenvalue weighted by Gasteiger charge is -2.09. The molecule has 0 aliphatic rings. The van der Waals surface area contributed by atoms with Crippen molar-refractivity contribution in [3.05, 3.63) is 35.0 Å². The third-order valence-electron chi connectivity index (χ3n) is 2.68. The van der Waals surface area contributed by atoms with E-state index >= 15 is 0 Å². The van der Waals surface area contributed by atoms with E-state index in [2.05, 4.69) is 39.7 Å². The molecule has 106 valence electrons. The second kappa shape index (κ2) is 6.52. The highest BCUT2D eigenvalue weighted by Crippen LogP contribution is 2.21. The van der Waals surface area contributed by atoms with Crippen molar-refractivity contribution in [1.29, 1.82) is 0 Å². The molecule has 0 atom stereocenters. The van der Waals surface area contributed by atoms with Crippen LogP contribution in [-0.4, -0.2) is 21.7 Å². The van der Waals surface area contributed by atoms with Crippen LogP contribution in [0.4, 0.5) is 17.5 Å². The predicted octanol–water partition coefficient (Wildman–Crippen LogP) is 3.64. The van der Waals surface area contributed by atoms with Crippen molar-refractivity contribution in [3.63, 3.8) is 0 Å². The van der Waals surface area contributed by atoms with E-state index in [-0.39, 0.29) is 0 Å². The molecule has 20 heavy (non-hydrogen) atoms. The van der Waals surface area contributed by atoms with Crippen molar-refractivity contribution < 1.29 is 0 Å². The lowest BCUT2D eigenvalue weighted by Crippen LogP contribution is -2.10. The lowest BCUT2D eigenvalue weighted by atomic mass is 10.2. The highest BCUT2D eigenvalue weighted by atomic mass is 35.5. The van der Waals surface area contributed by atoms with E-state index in [1.54, 1.807) is 6.20 Å². The van der Waals surface area contributed by atoms with Crippen molar-refractivity contribution in [1.82, 2.24) is 15.2 Å². The zero-order valence-corrected chi connectivity index (χ0v) is 12.6. The zero-order chi connectivity index (χ0) is 14.5. The number of nitrogens with zero attached hydrogens (tertiary/aromatic N) is 3. The van der Waals surface area contributed by atoms with Crippen LogP contribution in [0.5, 0.6) is 0 Å². The fourth-order valence-electron chi connectivity index (χ4n) is 1.55. The number of hydrogen-bond acceptors (Lipinski definition) is 5. The summed E-state index contributed by atoms with van der Waals surface area (Å²) in [5, 5.41) is 14.9. The number of aromatic nitrogens is 3. The molecule has 0 amide bonds. The van der Waals surface area contributed by atoms with Gasteiger partial charge in [0.2, 0.25) is 5.95 Å². The second-order valence-corrected chi connectivity index (χ2v) is 5.44. The molecule has 0 fully saturated rings. The Morgan fingerprint density at radius 2 is 2.10 bits per heavy atom. The van der Waals surface area contributed by atoms with Crippen molar-refractivity contribution in [3.8, 4) is 0 Å². The average molecular weight is 292 g/mol. The van der Waals surface area contributed by atoms with Gasteiger partial charge in [0.15, 0.2) is 5.82 Å². The maximum atomic E-state index is 6.09. The third kappa shape index (κ3) is 4.06. The molecule has 0 aliphatic carbocycles. The summed E-state index contributed by atoms with van der Waals surface area (Å²) >= 11 is 6.09. The molecular formula is C14H18ClN5. The van der Waals surface area contributed by atoms with Crippen molar-refractivity contribution >= 4 is 29.1 Å². The molecule has 1 heterocycles. The Kier molecular flexibility index (Phi) is 4.74. The number of hydrogen-bond donors (Lipinski definition) is 2. The zero-order valence-electron chi connectivity index (χ0n) is 11.8. The average Bonchev–Trinajstić information content (AvgIpc) is 2.41. The van der Waals surface area contributed by atoms with Gasteiger partial charge in [-0.2, -0.15) is 10.1 Å². The van der Waals surface area contributed by atoms with Gasteiger partial charge in [0.25, 0.3) is 0 Å². The molecule has 5 nitrogen and oxygen atoms in total. The number of anilines is 3. The molecule has 6 heteroatoms. The van der Waals surface area contributed by atoms with E-state index in [1.807, 2.05) is 25.1 Å². The van der Waals surface area contributed by atoms with E-state index < -0.39 is 0 Å². The number of nitrogens with one attached hydrogen (secondary N) is 2. The first kappa shape index (κ1) is 14.5. The number of benzene rings is 1. The molecule has 0 radical (unpaired) electrons. The standard InChI is InChI=1S/C14H18ClN5/c1-9(2)7-16-13-8-17-20-14(19-13)18-11-5-4-10(3)12(15)6-11/h4-6,8-9H,7H2,1-3H3,(H2,16,18,19,20). The first-order valence-corrected chi connectivity index (χ1v) is 6.89. The van der Waals surface area contributed by atoms with Gasteiger partial charge < -0.3 is 10.6 Å². The summed E-state index contributed by atoms with van der Waals surface area (Å²) in [4.78, 5) is 4.35. The molecule has 2 rings (SSSR count). The summed E-state index contributed by atoms with van der Waals surface area (Å²) < 4.78 is 0. The minimum Gasteiger partial charge on any atom is -0.368 e. The van der Waals surface area contributed by atoms with Crippen LogP contribution >= 0.6 is 11.6 Å². The molecule has 0 bridgehead atoms. The Hall–Kier alpha value is -1.88. The Balaban J connectivity index is 2.08. The third-order valence-corrected chi connectivity index (χ3v) is 3.09. The maximum absolute atomic E-state index is 6.09. The van der Waals surface area contributed by atoms with Gasteiger partial charge in [0.1, 0.15) is 0 Å². The van der Waals surface area contributed by atoms with Gasteiger partial charge >= 0.3 is 0 Å². The van der Waals surface area contributed by atoms with Crippen molar-refractivity contribution in [2.75, 3.05) is 17.2 Å². The molecule has 0 saturated heterocycles. The summed E-state index contributed by atoms with van der Waals surface area (Å²) in [6.45, 7) is 7.07. The van der Waals surface area contributed by atoms with Crippen LogP contribution in [0.15, 0.2) is 24.4 Å². The van der Waals surface area contributed by atoms with Crippen LogP contribution in [0, 0.1) is 12.8 Å². The van der Waals surface area contributed by atoms with Crippen LogP contribution in [0.3, 0.4) is 0 Å². The number of rotatable bonds is 5. The van der Waals surface area contributed by atoms with Gasteiger partial charge in [-0.05, 0) is 30.5 Å². The fourth-order valence-corrected chi connectivity index (χ4v) is 1.73. The van der Waals surface area contributed by atoms with Gasteiger partial charge in [-0.15, -0.1) is 5.10 Å². The first-order valence-electron chi connectivity index (χ1n) is 6.51. The van der Waals surface area contributed by atoms with Gasteiger partial charge in [-0.3, -0.25) is 0 Å². The molecule has 0 spiro atoms. The normalized spacial score (nSPS) is 10.7. The highest BCUT2D eigenvalue weighted by molar-refractivity contribution is 6.31. The van der Waals surface area contributed by atoms with Crippen LogP contribution < -0.4 is 10.6 Å². The fraction of sp³-hybridized carbons (Fsp3) is 0.357. The Morgan fingerprint density at radius 3 is 2.80 bits per heavy atom. The monoisotopic (exact) mass is 291 g/mol. The quantitative estimate of drug-likeness (QED) is 0.880. The second-order valence-electron chi connectivity index (χ2n) is 5.03. The molecule has 0 saturated carbocycles. The van der Waals surface area contributed by atoms with Crippen LogP contribution in [0.1, 0.15) is 19.4 Å². The van der Waals surface area contributed by atoms with Gasteiger partial charge in [0.05, 0.1) is 6.20 Å². The van der Waals surface area contributed by atoms with Crippen LogP contribution in [0.25, 0.3) is 0 Å². The first-order chi connectivity index (χ1) is 9.54. The summed E-state index contributed by atoms with van der Waals surface area (Å²) in [7, 11) is 0. The van der Waals surface area contributed by atoms with E-state index in [0.29, 0.717) is 22.7 Å². The molecule has 0 unspecified atom stereocenters.